The minimum absolute atomic E-state index is 0.0318. The van der Waals surface area contributed by atoms with E-state index >= 15 is 0 Å². The standard InChI is InChI=1S/C27H37N7O6S2/c1-16-9-10-17(11-22(16)34-15-21(30-32-34)23-14-28-26(33(23)5)41(7,36)37)25(35)29-19-12-18(27(2,3)4)13-20(24(19)40-6)31-42(8,38)39/h9-13,15,23,30-32H,14H2,1-8H3,(H,29,35). The van der Waals surface area contributed by atoms with Gasteiger partial charge in [-0.2, -0.15) is 0 Å². The first kappa shape index (κ1) is 31.1. The summed E-state index contributed by atoms with van der Waals surface area (Å²) in [7, 11) is -3.99. The number of hydrazine groups is 2. The maximum Gasteiger partial charge on any atom is 0.255 e. The van der Waals surface area contributed by atoms with Gasteiger partial charge in [0.15, 0.2) is 5.75 Å². The molecule has 0 spiro atoms. The summed E-state index contributed by atoms with van der Waals surface area (Å²) in [6.45, 7) is 8.12. The van der Waals surface area contributed by atoms with Crippen LogP contribution >= 0.6 is 0 Å². The Morgan fingerprint density at radius 1 is 1.10 bits per heavy atom. The van der Waals surface area contributed by atoms with E-state index < -0.39 is 25.8 Å². The second kappa shape index (κ2) is 11.1. The van der Waals surface area contributed by atoms with Crippen LogP contribution in [0.15, 0.2) is 47.2 Å². The summed E-state index contributed by atoms with van der Waals surface area (Å²) in [5.74, 6) is -0.243. The molecule has 0 aliphatic carbocycles. The van der Waals surface area contributed by atoms with Gasteiger partial charge >= 0.3 is 0 Å². The fraction of sp³-hybridized carbons (Fsp3) is 0.407. The molecule has 1 amide bonds. The molecule has 1 atom stereocenters. The summed E-state index contributed by atoms with van der Waals surface area (Å²) in [6, 6.07) is 8.37. The topological polar surface area (TPSA) is 162 Å². The number of aliphatic imine (C=N–C) groups is 1. The lowest BCUT2D eigenvalue weighted by atomic mass is 9.86. The molecule has 0 aromatic heterocycles. The molecule has 2 aliphatic heterocycles. The van der Waals surface area contributed by atoms with Crippen LogP contribution < -0.4 is 30.7 Å². The predicted octanol–water partition coefficient (Wildman–Crippen LogP) is 2.31. The number of amidine groups is 1. The molecular formula is C27H37N7O6S2. The van der Waals surface area contributed by atoms with Gasteiger partial charge in [0.1, 0.15) is 0 Å². The first-order chi connectivity index (χ1) is 19.4. The van der Waals surface area contributed by atoms with E-state index in [1.165, 1.54) is 7.11 Å². The van der Waals surface area contributed by atoms with E-state index in [-0.39, 0.29) is 34.6 Å². The van der Waals surface area contributed by atoms with E-state index in [0.29, 0.717) is 22.6 Å². The van der Waals surface area contributed by atoms with Crippen LogP contribution in [0.2, 0.25) is 0 Å². The Morgan fingerprint density at radius 3 is 2.33 bits per heavy atom. The number of hydrogen-bond acceptors (Lipinski definition) is 11. The number of carbonyl (C=O) groups is 1. The summed E-state index contributed by atoms with van der Waals surface area (Å²) < 4.78 is 56.2. The van der Waals surface area contributed by atoms with Gasteiger partial charge in [-0.25, -0.2) is 16.8 Å². The van der Waals surface area contributed by atoms with Crippen LogP contribution in [-0.2, 0) is 25.3 Å². The molecule has 228 valence electrons. The Kier molecular flexibility index (Phi) is 8.23. The second-order valence-corrected chi connectivity index (χ2v) is 15.1. The molecular weight excluding hydrogens is 582 g/mol. The van der Waals surface area contributed by atoms with Gasteiger partial charge in [-0.3, -0.25) is 19.5 Å². The van der Waals surface area contributed by atoms with Crippen molar-refractivity contribution in [2.24, 2.45) is 4.99 Å². The number of carbonyl (C=O) groups excluding carboxylic acids is 1. The SMILES string of the molecule is COc1c(NC(=O)c2ccc(C)c(N3C=C(C4CN=C(S(C)(=O)=O)N4C)NN3)c2)cc(C(C)(C)C)cc1NS(C)(=O)=O. The molecule has 0 radical (unpaired) electrons. The highest BCUT2D eigenvalue weighted by Gasteiger charge is 2.35. The van der Waals surface area contributed by atoms with Crippen molar-refractivity contribution in [2.45, 2.75) is 39.2 Å². The first-order valence-electron chi connectivity index (χ1n) is 13.0. The van der Waals surface area contributed by atoms with Gasteiger partial charge < -0.3 is 20.4 Å². The molecule has 42 heavy (non-hydrogen) atoms. The van der Waals surface area contributed by atoms with Crippen LogP contribution in [0, 0.1) is 6.92 Å². The largest absolute Gasteiger partial charge is 0.492 e. The molecule has 4 rings (SSSR count). The zero-order valence-electron chi connectivity index (χ0n) is 24.9. The highest BCUT2D eigenvalue weighted by Crippen LogP contribution is 2.39. The van der Waals surface area contributed by atoms with Crippen LogP contribution in [0.25, 0.3) is 0 Å². The smallest absolute Gasteiger partial charge is 0.255 e. The Hall–Kier alpha value is -3.82. The predicted molar refractivity (Wildman–Crippen MR) is 165 cm³/mol. The zero-order valence-corrected chi connectivity index (χ0v) is 26.5. The van der Waals surface area contributed by atoms with Crippen molar-refractivity contribution in [3.63, 3.8) is 0 Å². The van der Waals surface area contributed by atoms with Crippen LogP contribution in [0.4, 0.5) is 17.1 Å². The number of benzene rings is 2. The number of rotatable bonds is 7. The lowest BCUT2D eigenvalue weighted by Crippen LogP contribution is -2.43. The van der Waals surface area contributed by atoms with Gasteiger partial charge in [-0.1, -0.05) is 26.8 Å². The van der Waals surface area contributed by atoms with Gasteiger partial charge in [-0.15, -0.1) is 5.53 Å². The maximum absolute atomic E-state index is 13.5. The molecule has 2 aromatic carbocycles. The number of ether oxygens (including phenoxy) is 1. The molecule has 1 unspecified atom stereocenters. The minimum atomic E-state index is -3.62. The summed E-state index contributed by atoms with van der Waals surface area (Å²) in [5.41, 5.74) is 9.72. The molecule has 2 aromatic rings. The number of amides is 1. The fourth-order valence-electron chi connectivity index (χ4n) is 4.70. The van der Waals surface area contributed by atoms with Gasteiger partial charge in [-0.05, 0) is 47.7 Å². The number of methoxy groups -OCH3 is 1. The van der Waals surface area contributed by atoms with Gasteiger partial charge in [0.05, 0.1) is 48.7 Å². The van der Waals surface area contributed by atoms with E-state index in [1.807, 2.05) is 33.8 Å². The lowest BCUT2D eigenvalue weighted by molar-refractivity contribution is 0.102. The average molecular weight is 620 g/mol. The number of hydrogen-bond donors (Lipinski definition) is 4. The minimum Gasteiger partial charge on any atom is -0.492 e. The van der Waals surface area contributed by atoms with Crippen molar-refractivity contribution in [3.05, 3.63) is 58.9 Å². The third-order valence-electron chi connectivity index (χ3n) is 6.88. The molecule has 0 saturated carbocycles. The summed E-state index contributed by atoms with van der Waals surface area (Å²) in [6.07, 6.45) is 3.97. The van der Waals surface area contributed by atoms with Crippen molar-refractivity contribution in [2.75, 3.05) is 48.3 Å². The summed E-state index contributed by atoms with van der Waals surface area (Å²) in [4.78, 5) is 19.3. The first-order valence-corrected chi connectivity index (χ1v) is 16.8. The van der Waals surface area contributed by atoms with E-state index in [0.717, 1.165) is 23.6 Å². The molecule has 13 nitrogen and oxygen atoms in total. The Balaban J connectivity index is 1.63. The van der Waals surface area contributed by atoms with Gasteiger partial charge in [0, 0.05) is 25.1 Å². The van der Waals surface area contributed by atoms with E-state index in [1.54, 1.807) is 47.4 Å². The molecule has 15 heteroatoms. The zero-order chi connectivity index (χ0) is 31.2. The number of likely N-dealkylation sites (N-methyl/N-ethyl adjacent to an activating group) is 1. The Morgan fingerprint density at radius 2 is 1.76 bits per heavy atom. The number of sulfone groups is 1. The number of anilines is 3. The molecule has 4 N–H and O–H groups in total. The average Bonchev–Trinajstić information content (AvgIpc) is 3.49. The van der Waals surface area contributed by atoms with Crippen molar-refractivity contribution in [1.29, 1.82) is 0 Å². The Bertz CT molecular complexity index is 1700. The number of nitrogens with one attached hydrogen (secondary N) is 4. The third-order valence-corrected chi connectivity index (χ3v) is 8.55. The Labute approximate surface area is 246 Å². The normalized spacial score (nSPS) is 17.5. The van der Waals surface area contributed by atoms with Gasteiger partial charge in [0.2, 0.25) is 25.0 Å². The number of aryl methyl sites for hydroxylation is 1. The van der Waals surface area contributed by atoms with Crippen LogP contribution in [-0.4, -0.2) is 72.1 Å². The van der Waals surface area contributed by atoms with Crippen molar-refractivity contribution in [3.8, 4) is 5.75 Å². The summed E-state index contributed by atoms with van der Waals surface area (Å²) in [5, 5.41) is 4.63. The highest BCUT2D eigenvalue weighted by atomic mass is 32.2. The quantitative estimate of drug-likeness (QED) is 0.362. The number of nitrogens with zero attached hydrogens (tertiary/aromatic N) is 3. The van der Waals surface area contributed by atoms with Crippen molar-refractivity contribution < 1.29 is 26.4 Å². The third kappa shape index (κ3) is 6.63. The fourth-order valence-corrected chi connectivity index (χ4v) is 6.21. The van der Waals surface area contributed by atoms with Crippen LogP contribution in [0.3, 0.4) is 0 Å². The molecule has 0 fully saturated rings. The molecule has 0 saturated heterocycles. The molecule has 2 aliphatic rings. The lowest BCUT2D eigenvalue weighted by Gasteiger charge is -2.24. The maximum atomic E-state index is 13.5. The van der Waals surface area contributed by atoms with Crippen LogP contribution in [0.5, 0.6) is 5.75 Å². The molecule has 2 heterocycles. The van der Waals surface area contributed by atoms with Crippen molar-refractivity contribution in [1.82, 2.24) is 15.9 Å². The van der Waals surface area contributed by atoms with E-state index in [2.05, 4.69) is 26.0 Å². The molecule has 0 bridgehead atoms. The highest BCUT2D eigenvalue weighted by molar-refractivity contribution is 8.05. The van der Waals surface area contributed by atoms with E-state index in [9.17, 15) is 21.6 Å². The summed E-state index contributed by atoms with van der Waals surface area (Å²) >= 11 is 0. The van der Waals surface area contributed by atoms with E-state index in [4.69, 9.17) is 4.74 Å². The van der Waals surface area contributed by atoms with Gasteiger partial charge in [0.25, 0.3) is 5.91 Å². The van der Waals surface area contributed by atoms with Crippen LogP contribution in [0.1, 0.15) is 42.3 Å². The monoisotopic (exact) mass is 619 g/mol. The van der Waals surface area contributed by atoms with Crippen molar-refractivity contribution >= 4 is 48.0 Å². The second-order valence-electron chi connectivity index (χ2n) is 11.4. The number of sulfonamides is 1.